The number of amides is 1. The van der Waals surface area contributed by atoms with Crippen LogP contribution in [0.15, 0.2) is 18.2 Å². The lowest BCUT2D eigenvalue weighted by molar-refractivity contribution is 0.0893. The Kier molecular flexibility index (Phi) is 4.43. The molecule has 1 amide bonds. The second-order valence-electron chi connectivity index (χ2n) is 6.29. The van der Waals surface area contributed by atoms with E-state index in [1.807, 2.05) is 0 Å². The molecule has 0 saturated heterocycles. The van der Waals surface area contributed by atoms with Gasteiger partial charge in [0.15, 0.2) is 0 Å². The molecule has 3 rings (SSSR count). The summed E-state index contributed by atoms with van der Waals surface area (Å²) in [5.74, 6) is 1.05. The fourth-order valence-electron chi connectivity index (χ4n) is 3.00. The molecule has 0 spiro atoms. The number of nitrogens with two attached hydrogens (primary N) is 1. The average molecular weight is 327 g/mol. The molecule has 2 saturated carbocycles. The number of rotatable bonds is 5. The molecule has 0 radical (unpaired) electrons. The lowest BCUT2D eigenvalue weighted by Crippen LogP contribution is -2.43. The Morgan fingerprint density at radius 3 is 2.62 bits per heavy atom. The van der Waals surface area contributed by atoms with Crippen LogP contribution < -0.4 is 11.1 Å². The summed E-state index contributed by atoms with van der Waals surface area (Å²) < 4.78 is 0. The van der Waals surface area contributed by atoms with E-state index in [0.717, 1.165) is 12.8 Å². The Balaban J connectivity index is 1.67. The van der Waals surface area contributed by atoms with Gasteiger partial charge in [0, 0.05) is 17.1 Å². The predicted octanol–water partition coefficient (Wildman–Crippen LogP) is 3.63. The molecule has 0 bridgehead atoms. The molecule has 114 valence electrons. The number of carbonyl (C=O) groups is 1. The van der Waals surface area contributed by atoms with Crippen LogP contribution in [0.2, 0.25) is 10.0 Å². The minimum Gasteiger partial charge on any atom is -0.349 e. The number of halogens is 2. The first kappa shape index (κ1) is 15.1. The molecule has 1 aromatic carbocycles. The second kappa shape index (κ2) is 6.15. The van der Waals surface area contributed by atoms with Crippen molar-refractivity contribution in [1.29, 1.82) is 0 Å². The van der Waals surface area contributed by atoms with Gasteiger partial charge < -0.3 is 11.1 Å². The van der Waals surface area contributed by atoms with Crippen molar-refractivity contribution in [2.75, 3.05) is 0 Å². The van der Waals surface area contributed by atoms with E-state index < -0.39 is 0 Å². The smallest absolute Gasteiger partial charge is 0.253 e. The number of hydrogen-bond acceptors (Lipinski definition) is 2. The summed E-state index contributed by atoms with van der Waals surface area (Å²) in [7, 11) is 0. The van der Waals surface area contributed by atoms with Crippen molar-refractivity contribution in [2.24, 2.45) is 17.6 Å². The third kappa shape index (κ3) is 3.53. The molecule has 0 heterocycles. The van der Waals surface area contributed by atoms with Gasteiger partial charge in [0.1, 0.15) is 0 Å². The summed E-state index contributed by atoms with van der Waals surface area (Å²) in [4.78, 5) is 12.4. The van der Waals surface area contributed by atoms with Crippen LogP contribution in [-0.4, -0.2) is 18.0 Å². The maximum atomic E-state index is 12.4. The number of hydrogen-bond donors (Lipinski definition) is 2. The Hall–Kier alpha value is -0.770. The molecule has 2 aliphatic rings. The van der Waals surface area contributed by atoms with Gasteiger partial charge in [0.2, 0.25) is 0 Å². The molecule has 1 aromatic rings. The van der Waals surface area contributed by atoms with Gasteiger partial charge in [-0.1, -0.05) is 29.6 Å². The first-order valence-electron chi connectivity index (χ1n) is 7.56. The van der Waals surface area contributed by atoms with Gasteiger partial charge in [-0.3, -0.25) is 4.79 Å². The van der Waals surface area contributed by atoms with E-state index in [-0.39, 0.29) is 11.9 Å². The highest BCUT2D eigenvalue weighted by molar-refractivity contribution is 6.36. The van der Waals surface area contributed by atoms with E-state index >= 15 is 0 Å². The molecule has 2 aliphatic carbocycles. The zero-order chi connectivity index (χ0) is 15.0. The predicted molar refractivity (Wildman–Crippen MR) is 85.8 cm³/mol. The molecule has 21 heavy (non-hydrogen) atoms. The van der Waals surface area contributed by atoms with Crippen molar-refractivity contribution in [1.82, 2.24) is 5.32 Å². The standard InChI is InChI=1S/C16H20Cl2N2O/c17-11-4-5-12(13(18)8-11)16(21)20-15(9-2-1-3-9)7-10-6-14(10)19/h4-5,8-10,14-15H,1-3,6-7,19H2,(H,20,21). The van der Waals surface area contributed by atoms with Crippen LogP contribution in [0.1, 0.15) is 42.5 Å². The Bertz CT molecular complexity index is 545. The first-order chi connectivity index (χ1) is 10.0. The zero-order valence-corrected chi connectivity index (χ0v) is 13.3. The van der Waals surface area contributed by atoms with Gasteiger partial charge >= 0.3 is 0 Å². The van der Waals surface area contributed by atoms with E-state index in [2.05, 4.69) is 5.32 Å². The molecular formula is C16H20Cl2N2O. The number of nitrogens with one attached hydrogen (secondary N) is 1. The molecular weight excluding hydrogens is 307 g/mol. The SMILES string of the molecule is NC1CC1CC(NC(=O)c1ccc(Cl)cc1Cl)C1CCC1. The van der Waals surface area contributed by atoms with Gasteiger partial charge in [-0.25, -0.2) is 0 Å². The van der Waals surface area contributed by atoms with E-state index in [9.17, 15) is 4.79 Å². The van der Waals surface area contributed by atoms with Crippen LogP contribution in [0, 0.1) is 11.8 Å². The quantitative estimate of drug-likeness (QED) is 0.868. The van der Waals surface area contributed by atoms with E-state index in [0.29, 0.717) is 33.5 Å². The lowest BCUT2D eigenvalue weighted by atomic mass is 9.77. The Morgan fingerprint density at radius 2 is 2.10 bits per heavy atom. The van der Waals surface area contributed by atoms with Crippen LogP contribution >= 0.6 is 23.2 Å². The fraction of sp³-hybridized carbons (Fsp3) is 0.562. The molecule has 5 heteroatoms. The van der Waals surface area contributed by atoms with Gasteiger partial charge in [-0.05, 0) is 55.7 Å². The average Bonchev–Trinajstić information content (AvgIpc) is 3.02. The summed E-state index contributed by atoms with van der Waals surface area (Å²) >= 11 is 12.0. The van der Waals surface area contributed by atoms with Crippen LogP contribution in [0.25, 0.3) is 0 Å². The van der Waals surface area contributed by atoms with E-state index in [4.69, 9.17) is 28.9 Å². The fourth-order valence-corrected chi connectivity index (χ4v) is 3.49. The summed E-state index contributed by atoms with van der Waals surface area (Å²) in [6.45, 7) is 0. The van der Waals surface area contributed by atoms with Crippen LogP contribution in [0.3, 0.4) is 0 Å². The zero-order valence-electron chi connectivity index (χ0n) is 11.8. The van der Waals surface area contributed by atoms with Gasteiger partial charge in [-0.2, -0.15) is 0 Å². The largest absolute Gasteiger partial charge is 0.349 e. The summed E-state index contributed by atoms with van der Waals surface area (Å²) in [6.07, 6.45) is 5.72. The summed E-state index contributed by atoms with van der Waals surface area (Å²) in [6, 6.07) is 5.52. The third-order valence-corrected chi connectivity index (χ3v) is 5.29. The third-order valence-electron chi connectivity index (χ3n) is 4.75. The molecule has 0 aliphatic heterocycles. The minimum atomic E-state index is -0.109. The van der Waals surface area contributed by atoms with Crippen molar-refractivity contribution in [2.45, 2.75) is 44.2 Å². The monoisotopic (exact) mass is 326 g/mol. The van der Waals surface area contributed by atoms with Crippen molar-refractivity contribution >= 4 is 29.1 Å². The highest BCUT2D eigenvalue weighted by atomic mass is 35.5. The molecule has 0 aromatic heterocycles. The molecule has 3 N–H and O–H groups in total. The summed E-state index contributed by atoms with van der Waals surface area (Å²) in [5.41, 5.74) is 6.40. The van der Waals surface area contributed by atoms with Crippen molar-refractivity contribution in [3.05, 3.63) is 33.8 Å². The minimum absolute atomic E-state index is 0.109. The van der Waals surface area contributed by atoms with Crippen LogP contribution in [0.5, 0.6) is 0 Å². The molecule has 3 unspecified atom stereocenters. The van der Waals surface area contributed by atoms with Crippen molar-refractivity contribution < 1.29 is 4.79 Å². The molecule has 2 fully saturated rings. The van der Waals surface area contributed by atoms with Gasteiger partial charge in [0.25, 0.3) is 5.91 Å². The lowest BCUT2D eigenvalue weighted by Gasteiger charge is -2.34. The van der Waals surface area contributed by atoms with Gasteiger partial charge in [-0.15, -0.1) is 0 Å². The Morgan fingerprint density at radius 1 is 1.38 bits per heavy atom. The maximum Gasteiger partial charge on any atom is 0.253 e. The van der Waals surface area contributed by atoms with Crippen molar-refractivity contribution in [3.8, 4) is 0 Å². The van der Waals surface area contributed by atoms with Crippen LogP contribution in [-0.2, 0) is 0 Å². The van der Waals surface area contributed by atoms with E-state index in [1.54, 1.807) is 18.2 Å². The molecule has 3 atom stereocenters. The highest BCUT2D eigenvalue weighted by Crippen LogP contribution is 2.39. The highest BCUT2D eigenvalue weighted by Gasteiger charge is 2.39. The van der Waals surface area contributed by atoms with Gasteiger partial charge in [0.05, 0.1) is 10.6 Å². The second-order valence-corrected chi connectivity index (χ2v) is 7.13. The Labute approximate surface area is 135 Å². The number of benzene rings is 1. The topological polar surface area (TPSA) is 55.1 Å². The van der Waals surface area contributed by atoms with Crippen molar-refractivity contribution in [3.63, 3.8) is 0 Å². The van der Waals surface area contributed by atoms with Crippen LogP contribution in [0.4, 0.5) is 0 Å². The maximum absolute atomic E-state index is 12.4. The summed E-state index contributed by atoms with van der Waals surface area (Å²) in [5, 5.41) is 4.10. The first-order valence-corrected chi connectivity index (χ1v) is 8.31. The molecule has 3 nitrogen and oxygen atoms in total. The number of carbonyl (C=O) groups excluding carboxylic acids is 1. The normalized spacial score (nSPS) is 26.0. The van der Waals surface area contributed by atoms with E-state index in [1.165, 1.54) is 19.3 Å².